The number of rotatable bonds is 4. The molecule has 1 saturated heterocycles. The van der Waals surface area contributed by atoms with Crippen molar-refractivity contribution in [2.45, 2.75) is 31.9 Å². The van der Waals surface area contributed by atoms with Gasteiger partial charge >= 0.3 is 0 Å². The summed E-state index contributed by atoms with van der Waals surface area (Å²) in [6.07, 6.45) is 2.54. The Kier molecular flexibility index (Phi) is 4.19. The van der Waals surface area contributed by atoms with E-state index in [-0.39, 0.29) is 29.6 Å². The molecule has 0 spiro atoms. The van der Waals surface area contributed by atoms with Crippen molar-refractivity contribution < 1.29 is 23.8 Å². The van der Waals surface area contributed by atoms with Gasteiger partial charge in [-0.3, -0.25) is 9.59 Å². The average Bonchev–Trinajstić information content (AvgIpc) is 3.33. The molecule has 5 rings (SSSR count). The molecule has 2 fully saturated rings. The van der Waals surface area contributed by atoms with E-state index in [1.165, 1.54) is 12.1 Å². The standard InChI is InChI=1S/C22H21FN2O4/c23-14-5-13(6-15(26)7-14)18-8-17(9-19-20(18)10-24-21(19)27)29-16-3-4-25(11-16)22(28)12-1-2-12/h5-9,12,16,26H,1-4,10-11H2,(H,24,27)/t16-/m1/s1. The highest BCUT2D eigenvalue weighted by Crippen LogP contribution is 2.37. The highest BCUT2D eigenvalue weighted by Gasteiger charge is 2.37. The lowest BCUT2D eigenvalue weighted by molar-refractivity contribution is -0.131. The third-order valence-corrected chi connectivity index (χ3v) is 5.77. The lowest BCUT2D eigenvalue weighted by Crippen LogP contribution is -2.32. The van der Waals surface area contributed by atoms with Crippen LogP contribution in [0.3, 0.4) is 0 Å². The summed E-state index contributed by atoms with van der Waals surface area (Å²) in [6.45, 7) is 1.55. The van der Waals surface area contributed by atoms with Crippen molar-refractivity contribution in [2.75, 3.05) is 13.1 Å². The third-order valence-electron chi connectivity index (χ3n) is 5.77. The number of carbonyl (C=O) groups is 2. The second kappa shape index (κ2) is 6.76. The molecule has 2 aromatic carbocycles. The van der Waals surface area contributed by atoms with Gasteiger partial charge in [-0.2, -0.15) is 0 Å². The smallest absolute Gasteiger partial charge is 0.252 e. The van der Waals surface area contributed by atoms with E-state index >= 15 is 0 Å². The lowest BCUT2D eigenvalue weighted by atomic mass is 9.96. The van der Waals surface area contributed by atoms with Crippen molar-refractivity contribution in [3.63, 3.8) is 0 Å². The van der Waals surface area contributed by atoms with Crippen molar-refractivity contribution in [3.8, 4) is 22.6 Å². The van der Waals surface area contributed by atoms with Crippen LogP contribution in [0.1, 0.15) is 35.2 Å². The van der Waals surface area contributed by atoms with E-state index in [1.807, 2.05) is 4.90 Å². The third kappa shape index (κ3) is 3.41. The molecular weight excluding hydrogens is 375 g/mol. The minimum atomic E-state index is -0.553. The van der Waals surface area contributed by atoms with Gasteiger partial charge in [-0.05, 0) is 53.8 Å². The van der Waals surface area contributed by atoms with Crippen molar-refractivity contribution in [1.82, 2.24) is 10.2 Å². The summed E-state index contributed by atoms with van der Waals surface area (Å²) < 4.78 is 20.0. The van der Waals surface area contributed by atoms with Crippen LogP contribution < -0.4 is 10.1 Å². The summed E-state index contributed by atoms with van der Waals surface area (Å²) in [6, 6.07) is 7.31. The zero-order valence-corrected chi connectivity index (χ0v) is 15.8. The van der Waals surface area contributed by atoms with Crippen LogP contribution in [0.4, 0.5) is 4.39 Å². The molecule has 0 unspecified atom stereocenters. The van der Waals surface area contributed by atoms with Crippen LogP contribution in [0, 0.1) is 11.7 Å². The molecule has 1 aliphatic carbocycles. The van der Waals surface area contributed by atoms with Crippen LogP contribution in [-0.2, 0) is 11.3 Å². The molecule has 2 N–H and O–H groups in total. The molecule has 3 aliphatic rings. The van der Waals surface area contributed by atoms with Gasteiger partial charge in [-0.25, -0.2) is 4.39 Å². The molecule has 1 saturated carbocycles. The number of carbonyl (C=O) groups excluding carboxylic acids is 2. The van der Waals surface area contributed by atoms with E-state index in [1.54, 1.807) is 12.1 Å². The number of hydrogen-bond donors (Lipinski definition) is 2. The summed E-state index contributed by atoms with van der Waals surface area (Å²) in [7, 11) is 0. The molecule has 6 nitrogen and oxygen atoms in total. The lowest BCUT2D eigenvalue weighted by Gasteiger charge is -2.18. The molecule has 0 aromatic heterocycles. The van der Waals surface area contributed by atoms with Gasteiger partial charge in [-0.1, -0.05) is 0 Å². The van der Waals surface area contributed by atoms with Gasteiger partial charge in [0.25, 0.3) is 5.91 Å². The number of halogens is 1. The maximum Gasteiger partial charge on any atom is 0.252 e. The minimum absolute atomic E-state index is 0.144. The Morgan fingerprint density at radius 3 is 2.69 bits per heavy atom. The minimum Gasteiger partial charge on any atom is -0.508 e. The zero-order chi connectivity index (χ0) is 20.1. The second-order valence-corrected chi connectivity index (χ2v) is 7.96. The first kappa shape index (κ1) is 18.0. The van der Waals surface area contributed by atoms with Crippen LogP contribution >= 0.6 is 0 Å². The normalized spacial score (nSPS) is 20.5. The molecule has 2 aromatic rings. The van der Waals surface area contributed by atoms with Crippen LogP contribution in [-0.4, -0.2) is 41.0 Å². The Morgan fingerprint density at radius 1 is 1.14 bits per heavy atom. The Morgan fingerprint density at radius 2 is 1.93 bits per heavy atom. The number of fused-ring (bicyclic) bond motifs is 1. The first-order valence-electron chi connectivity index (χ1n) is 9.88. The summed E-state index contributed by atoms with van der Waals surface area (Å²) in [4.78, 5) is 26.4. The molecule has 0 bridgehead atoms. The largest absolute Gasteiger partial charge is 0.508 e. The number of phenols is 1. The van der Waals surface area contributed by atoms with Crippen LogP contribution in [0.2, 0.25) is 0 Å². The van der Waals surface area contributed by atoms with E-state index in [2.05, 4.69) is 5.32 Å². The topological polar surface area (TPSA) is 78.9 Å². The molecule has 0 radical (unpaired) electrons. The summed E-state index contributed by atoms with van der Waals surface area (Å²) in [5.41, 5.74) is 2.38. The predicted molar refractivity (Wildman–Crippen MR) is 103 cm³/mol. The number of nitrogens with one attached hydrogen (secondary N) is 1. The van der Waals surface area contributed by atoms with Gasteiger partial charge in [0, 0.05) is 37.1 Å². The van der Waals surface area contributed by atoms with Gasteiger partial charge in [0.15, 0.2) is 0 Å². The summed E-state index contributed by atoms with van der Waals surface area (Å²) in [5.74, 6) is -0.0376. The van der Waals surface area contributed by atoms with Gasteiger partial charge < -0.3 is 20.1 Å². The van der Waals surface area contributed by atoms with Crippen LogP contribution in [0.15, 0.2) is 30.3 Å². The fourth-order valence-electron chi connectivity index (χ4n) is 4.16. The fraction of sp³-hybridized carbons (Fsp3) is 0.364. The molecule has 29 heavy (non-hydrogen) atoms. The van der Waals surface area contributed by atoms with E-state index in [0.717, 1.165) is 30.9 Å². The van der Waals surface area contributed by atoms with Crippen molar-refractivity contribution in [3.05, 3.63) is 47.3 Å². The van der Waals surface area contributed by atoms with Gasteiger partial charge in [0.05, 0.1) is 6.54 Å². The Hall–Kier alpha value is -3.09. The molecular formula is C22H21FN2O4. The Bertz CT molecular complexity index is 998. The highest BCUT2D eigenvalue weighted by molar-refractivity contribution is 6.01. The maximum atomic E-state index is 13.8. The van der Waals surface area contributed by atoms with Crippen molar-refractivity contribution in [2.24, 2.45) is 5.92 Å². The molecule has 150 valence electrons. The quantitative estimate of drug-likeness (QED) is 0.833. The summed E-state index contributed by atoms with van der Waals surface area (Å²) in [5, 5.41) is 12.6. The number of ether oxygens (including phenoxy) is 1. The Balaban J connectivity index is 1.44. The molecule has 1 atom stereocenters. The summed E-state index contributed by atoms with van der Waals surface area (Å²) >= 11 is 0. The number of likely N-dealkylation sites (tertiary alicyclic amines) is 1. The number of hydrogen-bond acceptors (Lipinski definition) is 4. The van der Waals surface area contributed by atoms with E-state index in [0.29, 0.717) is 42.1 Å². The number of nitrogens with zero attached hydrogens (tertiary/aromatic N) is 1. The Labute approximate surface area is 167 Å². The highest BCUT2D eigenvalue weighted by atomic mass is 19.1. The van der Waals surface area contributed by atoms with Gasteiger partial charge in [0.2, 0.25) is 5.91 Å². The monoisotopic (exact) mass is 396 g/mol. The average molecular weight is 396 g/mol. The van der Waals surface area contributed by atoms with E-state index in [4.69, 9.17) is 4.74 Å². The van der Waals surface area contributed by atoms with Crippen LogP contribution in [0.5, 0.6) is 11.5 Å². The second-order valence-electron chi connectivity index (χ2n) is 7.96. The van der Waals surface area contributed by atoms with Gasteiger partial charge in [-0.15, -0.1) is 0 Å². The first-order chi connectivity index (χ1) is 14.0. The number of phenolic OH excluding ortho intramolecular Hbond substituents is 1. The van der Waals surface area contributed by atoms with Crippen molar-refractivity contribution in [1.29, 1.82) is 0 Å². The first-order valence-corrected chi connectivity index (χ1v) is 9.88. The molecule has 2 aliphatic heterocycles. The van der Waals surface area contributed by atoms with E-state index < -0.39 is 5.82 Å². The van der Waals surface area contributed by atoms with E-state index in [9.17, 15) is 19.1 Å². The maximum absolute atomic E-state index is 13.8. The SMILES string of the molecule is O=C1NCc2c1cc(O[C@@H]1CCN(C(=O)C3CC3)C1)cc2-c1cc(O)cc(F)c1. The number of benzene rings is 2. The predicted octanol–water partition coefficient (Wildman–Crippen LogP) is 2.83. The molecule has 7 heteroatoms. The molecule has 2 heterocycles. The van der Waals surface area contributed by atoms with Crippen LogP contribution in [0.25, 0.3) is 11.1 Å². The fourth-order valence-corrected chi connectivity index (χ4v) is 4.16. The number of amides is 2. The number of aromatic hydroxyl groups is 1. The molecule has 2 amide bonds. The van der Waals surface area contributed by atoms with Crippen molar-refractivity contribution >= 4 is 11.8 Å². The zero-order valence-electron chi connectivity index (χ0n) is 15.8. The van der Waals surface area contributed by atoms with Gasteiger partial charge in [0.1, 0.15) is 23.4 Å².